The molecule has 0 N–H and O–H groups in total. The number of halogens is 1. The lowest BCUT2D eigenvalue weighted by molar-refractivity contribution is 0.111. The van der Waals surface area contributed by atoms with Crippen molar-refractivity contribution >= 4 is 17.2 Å². The van der Waals surface area contributed by atoms with Gasteiger partial charge in [-0.15, -0.1) is 0 Å². The van der Waals surface area contributed by atoms with E-state index in [4.69, 9.17) is 0 Å². The molecule has 1 aromatic heterocycles. The minimum Gasteiger partial charge on any atom is -0.336 e. The van der Waals surface area contributed by atoms with E-state index in [0.29, 0.717) is 17.8 Å². The molecule has 1 aromatic carbocycles. The average molecular weight is 191 g/mol. The zero-order chi connectivity index (χ0) is 10.1. The van der Waals surface area contributed by atoms with Crippen molar-refractivity contribution in [1.82, 2.24) is 4.57 Å². The second-order valence-electron chi connectivity index (χ2n) is 3.11. The first kappa shape index (κ1) is 8.94. The third kappa shape index (κ3) is 1.13. The highest BCUT2D eigenvalue weighted by Gasteiger charge is 2.09. The number of aldehydes is 1. The second kappa shape index (κ2) is 3.25. The number of aromatic nitrogens is 1. The first-order valence-electron chi connectivity index (χ1n) is 4.51. The largest absolute Gasteiger partial charge is 0.336 e. The van der Waals surface area contributed by atoms with Gasteiger partial charge >= 0.3 is 0 Å². The molecule has 0 aliphatic heterocycles. The molecular formula is C11H10FNO. The monoisotopic (exact) mass is 191 g/mol. The molecule has 2 nitrogen and oxygen atoms in total. The van der Waals surface area contributed by atoms with Crippen LogP contribution in [0.25, 0.3) is 10.9 Å². The van der Waals surface area contributed by atoms with Crippen molar-refractivity contribution < 1.29 is 9.18 Å². The van der Waals surface area contributed by atoms with Crippen molar-refractivity contribution in [1.29, 1.82) is 0 Å². The van der Waals surface area contributed by atoms with Gasteiger partial charge in [0.15, 0.2) is 6.29 Å². The lowest BCUT2D eigenvalue weighted by Gasteiger charge is -2.03. The van der Waals surface area contributed by atoms with Crippen LogP contribution >= 0.6 is 0 Å². The SMILES string of the molecule is CCn1c(C=O)cc2cccc(F)c21. The Balaban J connectivity index is 2.88. The zero-order valence-electron chi connectivity index (χ0n) is 7.83. The molecule has 0 bridgehead atoms. The van der Waals surface area contributed by atoms with Crippen LogP contribution in [0.2, 0.25) is 0 Å². The van der Waals surface area contributed by atoms with Gasteiger partial charge in [0.1, 0.15) is 5.82 Å². The van der Waals surface area contributed by atoms with E-state index >= 15 is 0 Å². The number of hydrogen-bond acceptors (Lipinski definition) is 1. The van der Waals surface area contributed by atoms with Gasteiger partial charge in [0, 0.05) is 11.9 Å². The van der Waals surface area contributed by atoms with Crippen LogP contribution in [0.15, 0.2) is 24.3 Å². The molecule has 0 unspecified atom stereocenters. The summed E-state index contributed by atoms with van der Waals surface area (Å²) in [5, 5.41) is 0.772. The van der Waals surface area contributed by atoms with Crippen molar-refractivity contribution in [2.75, 3.05) is 0 Å². The highest BCUT2D eigenvalue weighted by atomic mass is 19.1. The number of carbonyl (C=O) groups is 1. The number of fused-ring (bicyclic) bond motifs is 1. The number of carbonyl (C=O) groups excluding carboxylic acids is 1. The Labute approximate surface area is 81.0 Å². The summed E-state index contributed by atoms with van der Waals surface area (Å²) in [6, 6.07) is 6.56. The summed E-state index contributed by atoms with van der Waals surface area (Å²) in [5.41, 5.74) is 1.03. The van der Waals surface area contributed by atoms with E-state index in [1.54, 1.807) is 22.8 Å². The molecule has 72 valence electrons. The minimum absolute atomic E-state index is 0.280. The molecule has 0 amide bonds. The Hall–Kier alpha value is -1.64. The third-order valence-electron chi connectivity index (χ3n) is 2.34. The van der Waals surface area contributed by atoms with E-state index < -0.39 is 0 Å². The Morgan fingerprint density at radius 3 is 2.93 bits per heavy atom. The van der Waals surface area contributed by atoms with Gasteiger partial charge < -0.3 is 4.57 Å². The number of para-hydroxylation sites is 1. The van der Waals surface area contributed by atoms with Crippen LogP contribution in [0.4, 0.5) is 4.39 Å². The van der Waals surface area contributed by atoms with Gasteiger partial charge in [0.05, 0.1) is 11.2 Å². The van der Waals surface area contributed by atoms with Crippen LogP contribution in [-0.2, 0) is 6.54 Å². The molecule has 14 heavy (non-hydrogen) atoms. The molecule has 2 aromatic rings. The van der Waals surface area contributed by atoms with Crippen molar-refractivity contribution in [3.63, 3.8) is 0 Å². The molecule has 0 aliphatic carbocycles. The molecule has 0 saturated heterocycles. The summed E-state index contributed by atoms with van der Waals surface area (Å²) in [4.78, 5) is 10.7. The molecule has 0 spiro atoms. The summed E-state index contributed by atoms with van der Waals surface area (Å²) >= 11 is 0. The van der Waals surface area contributed by atoms with Gasteiger partial charge in [-0.1, -0.05) is 12.1 Å². The van der Waals surface area contributed by atoms with Crippen LogP contribution in [0, 0.1) is 5.82 Å². The van der Waals surface area contributed by atoms with Crippen LogP contribution in [-0.4, -0.2) is 10.9 Å². The summed E-state index contributed by atoms with van der Waals surface area (Å²) < 4.78 is 15.1. The van der Waals surface area contributed by atoms with Crippen LogP contribution < -0.4 is 0 Å². The minimum atomic E-state index is -0.280. The Morgan fingerprint density at radius 2 is 2.29 bits per heavy atom. The Bertz CT molecular complexity index is 487. The molecule has 0 aliphatic rings. The van der Waals surface area contributed by atoms with Crippen molar-refractivity contribution in [3.8, 4) is 0 Å². The van der Waals surface area contributed by atoms with E-state index in [1.165, 1.54) is 6.07 Å². The van der Waals surface area contributed by atoms with E-state index in [1.807, 2.05) is 6.92 Å². The van der Waals surface area contributed by atoms with Gasteiger partial charge in [-0.25, -0.2) is 4.39 Å². The van der Waals surface area contributed by atoms with E-state index in [-0.39, 0.29) is 5.82 Å². The van der Waals surface area contributed by atoms with Gasteiger partial charge in [0.2, 0.25) is 0 Å². The lowest BCUT2D eigenvalue weighted by Crippen LogP contribution is -1.99. The van der Waals surface area contributed by atoms with Gasteiger partial charge in [-0.2, -0.15) is 0 Å². The highest BCUT2D eigenvalue weighted by Crippen LogP contribution is 2.21. The summed E-state index contributed by atoms with van der Waals surface area (Å²) in [7, 11) is 0. The molecule has 3 heteroatoms. The standard InChI is InChI=1S/C11H10FNO/c1-2-13-9(7-14)6-8-4-3-5-10(12)11(8)13/h3-7H,2H2,1H3. The molecule has 0 fully saturated rings. The number of hydrogen-bond donors (Lipinski definition) is 0. The molecule has 0 saturated carbocycles. The second-order valence-corrected chi connectivity index (χ2v) is 3.11. The molecule has 0 radical (unpaired) electrons. The maximum atomic E-state index is 13.4. The normalized spacial score (nSPS) is 10.7. The highest BCUT2D eigenvalue weighted by molar-refractivity contribution is 5.89. The van der Waals surface area contributed by atoms with Crippen LogP contribution in [0.1, 0.15) is 17.4 Å². The quantitative estimate of drug-likeness (QED) is 0.669. The predicted octanol–water partition coefficient (Wildman–Crippen LogP) is 2.61. The first-order valence-corrected chi connectivity index (χ1v) is 4.51. The summed E-state index contributed by atoms with van der Waals surface area (Å²) in [6.45, 7) is 2.48. The van der Waals surface area contributed by atoms with Gasteiger partial charge in [-0.05, 0) is 19.1 Å². The molecule has 0 atom stereocenters. The van der Waals surface area contributed by atoms with E-state index in [2.05, 4.69) is 0 Å². The number of aryl methyl sites for hydroxylation is 1. The Morgan fingerprint density at radius 1 is 1.50 bits per heavy atom. The number of rotatable bonds is 2. The first-order chi connectivity index (χ1) is 6.77. The zero-order valence-corrected chi connectivity index (χ0v) is 7.83. The van der Waals surface area contributed by atoms with E-state index in [0.717, 1.165) is 11.7 Å². The van der Waals surface area contributed by atoms with Gasteiger partial charge in [0.25, 0.3) is 0 Å². The van der Waals surface area contributed by atoms with Gasteiger partial charge in [-0.3, -0.25) is 4.79 Å². The maximum Gasteiger partial charge on any atom is 0.166 e. The summed E-state index contributed by atoms with van der Waals surface area (Å²) in [6.07, 6.45) is 0.753. The average Bonchev–Trinajstić information content (AvgIpc) is 2.56. The lowest BCUT2D eigenvalue weighted by atomic mass is 10.2. The van der Waals surface area contributed by atoms with Crippen LogP contribution in [0.3, 0.4) is 0 Å². The van der Waals surface area contributed by atoms with E-state index in [9.17, 15) is 9.18 Å². The van der Waals surface area contributed by atoms with Crippen molar-refractivity contribution in [2.24, 2.45) is 0 Å². The van der Waals surface area contributed by atoms with Crippen molar-refractivity contribution in [2.45, 2.75) is 13.5 Å². The van der Waals surface area contributed by atoms with Crippen molar-refractivity contribution in [3.05, 3.63) is 35.8 Å². The predicted molar refractivity (Wildman–Crippen MR) is 53.0 cm³/mol. The maximum absolute atomic E-state index is 13.4. The smallest absolute Gasteiger partial charge is 0.166 e. The fourth-order valence-corrected chi connectivity index (χ4v) is 1.74. The van der Waals surface area contributed by atoms with Crippen LogP contribution in [0.5, 0.6) is 0 Å². The fourth-order valence-electron chi connectivity index (χ4n) is 1.74. The Kier molecular flexibility index (Phi) is 2.08. The number of benzene rings is 1. The molecule has 1 heterocycles. The molecule has 2 rings (SSSR count). The topological polar surface area (TPSA) is 22.0 Å². The number of nitrogens with zero attached hydrogens (tertiary/aromatic N) is 1. The fraction of sp³-hybridized carbons (Fsp3) is 0.182. The summed E-state index contributed by atoms with van der Waals surface area (Å²) in [5.74, 6) is -0.280. The molecular weight excluding hydrogens is 181 g/mol. The third-order valence-corrected chi connectivity index (χ3v) is 2.34.